The summed E-state index contributed by atoms with van der Waals surface area (Å²) < 4.78 is 22.7. The molecular weight excluding hydrogens is 258 g/mol. The number of hydrogen-bond donors (Lipinski definition) is 2. The third kappa shape index (κ3) is 3.37. The lowest BCUT2D eigenvalue weighted by molar-refractivity contribution is 0.602. The molecule has 0 aliphatic carbocycles. The van der Waals surface area contributed by atoms with E-state index in [0.717, 1.165) is 17.5 Å². The fourth-order valence-electron chi connectivity index (χ4n) is 1.34. The summed E-state index contributed by atoms with van der Waals surface area (Å²) in [7, 11) is -3.17. The van der Waals surface area contributed by atoms with Crippen LogP contribution >= 0.6 is 11.8 Å². The van der Waals surface area contributed by atoms with Crippen molar-refractivity contribution in [1.82, 2.24) is 5.43 Å². The fourth-order valence-corrected chi connectivity index (χ4v) is 2.69. The summed E-state index contributed by atoms with van der Waals surface area (Å²) in [5.41, 5.74) is 6.58. The van der Waals surface area contributed by atoms with Crippen LogP contribution in [0.15, 0.2) is 34.2 Å². The Hall–Kier alpha value is -1.21. The molecule has 0 atom stereocenters. The monoisotopic (exact) mass is 271 g/mol. The molecule has 0 fully saturated rings. The molecule has 92 valence electrons. The van der Waals surface area contributed by atoms with Gasteiger partial charge in [-0.25, -0.2) is 8.42 Å². The first-order valence-corrected chi connectivity index (χ1v) is 7.93. The molecule has 0 saturated carbocycles. The molecule has 0 unspecified atom stereocenters. The number of aliphatic imine (C=N–C) groups is 1. The van der Waals surface area contributed by atoms with E-state index >= 15 is 0 Å². The molecule has 0 spiro atoms. The van der Waals surface area contributed by atoms with E-state index in [1.54, 1.807) is 36.0 Å². The Morgan fingerprint density at radius 1 is 1.35 bits per heavy atom. The third-order valence-corrected chi connectivity index (χ3v) is 4.16. The highest BCUT2D eigenvalue weighted by Gasteiger charge is 2.08. The molecular formula is C10H13N3O2S2. The zero-order valence-electron chi connectivity index (χ0n) is 9.30. The van der Waals surface area contributed by atoms with Crippen molar-refractivity contribution in [3.05, 3.63) is 24.3 Å². The molecule has 5 nitrogen and oxygen atoms in total. The molecule has 1 aromatic rings. The van der Waals surface area contributed by atoms with Crippen LogP contribution in [0.25, 0.3) is 0 Å². The van der Waals surface area contributed by atoms with Crippen molar-refractivity contribution in [2.45, 2.75) is 4.90 Å². The molecule has 1 aromatic carbocycles. The van der Waals surface area contributed by atoms with Gasteiger partial charge in [0, 0.05) is 12.0 Å². The van der Waals surface area contributed by atoms with Gasteiger partial charge in [-0.2, -0.15) is 0 Å². The van der Waals surface area contributed by atoms with Crippen LogP contribution in [0.4, 0.5) is 5.69 Å². The number of amidine groups is 1. The van der Waals surface area contributed by atoms with E-state index in [2.05, 4.69) is 15.8 Å². The van der Waals surface area contributed by atoms with Gasteiger partial charge in [0.2, 0.25) is 0 Å². The molecule has 0 saturated heterocycles. The van der Waals surface area contributed by atoms with Crippen LogP contribution in [0.5, 0.6) is 0 Å². The van der Waals surface area contributed by atoms with E-state index < -0.39 is 9.84 Å². The van der Waals surface area contributed by atoms with Gasteiger partial charge in [0.15, 0.2) is 15.0 Å². The summed E-state index contributed by atoms with van der Waals surface area (Å²) in [6, 6.07) is 6.65. The van der Waals surface area contributed by atoms with Gasteiger partial charge in [0.05, 0.1) is 17.1 Å². The van der Waals surface area contributed by atoms with Crippen molar-refractivity contribution < 1.29 is 8.42 Å². The average molecular weight is 271 g/mol. The summed E-state index contributed by atoms with van der Waals surface area (Å²) in [5, 5.41) is 0.828. The van der Waals surface area contributed by atoms with Crippen LogP contribution in [0.1, 0.15) is 0 Å². The first-order valence-electron chi connectivity index (χ1n) is 5.05. The molecule has 0 bridgehead atoms. The summed E-state index contributed by atoms with van der Waals surface area (Å²) >= 11 is 1.63. The van der Waals surface area contributed by atoms with E-state index in [4.69, 9.17) is 0 Å². The minimum Gasteiger partial charge on any atom is -0.299 e. The minimum atomic E-state index is -3.17. The zero-order chi connectivity index (χ0) is 12.3. The topological polar surface area (TPSA) is 70.6 Å². The average Bonchev–Trinajstić information content (AvgIpc) is 2.78. The SMILES string of the molecule is CS(=O)(=O)c1cccc(NNC2=NCCS2)c1. The second-order valence-corrected chi connectivity index (χ2v) is 6.68. The lowest BCUT2D eigenvalue weighted by atomic mass is 10.3. The summed E-state index contributed by atoms with van der Waals surface area (Å²) in [6.45, 7) is 0.818. The summed E-state index contributed by atoms with van der Waals surface area (Å²) in [5.74, 6) is 0.980. The minimum absolute atomic E-state index is 0.297. The fraction of sp³-hybridized carbons (Fsp3) is 0.300. The van der Waals surface area contributed by atoms with E-state index in [1.165, 1.54) is 6.26 Å². The molecule has 0 radical (unpaired) electrons. The number of rotatable bonds is 3. The number of hydrazine groups is 1. The van der Waals surface area contributed by atoms with E-state index in [-0.39, 0.29) is 0 Å². The van der Waals surface area contributed by atoms with E-state index in [1.807, 2.05) is 0 Å². The van der Waals surface area contributed by atoms with Crippen LogP contribution < -0.4 is 10.9 Å². The van der Waals surface area contributed by atoms with Gasteiger partial charge in [0.25, 0.3) is 0 Å². The van der Waals surface area contributed by atoms with Crippen molar-refractivity contribution in [2.75, 3.05) is 24.0 Å². The maximum Gasteiger partial charge on any atom is 0.175 e. The molecule has 0 aromatic heterocycles. The molecule has 1 heterocycles. The standard InChI is InChI=1S/C10H13N3O2S2/c1-17(14,15)9-4-2-3-8(7-9)12-13-10-11-5-6-16-10/h2-4,7,12H,5-6H2,1H3,(H,11,13). The van der Waals surface area contributed by atoms with Crippen LogP contribution in [-0.2, 0) is 9.84 Å². The predicted octanol–water partition coefficient (Wildman–Crippen LogP) is 1.11. The number of benzene rings is 1. The number of hydrogen-bond acceptors (Lipinski definition) is 6. The largest absolute Gasteiger partial charge is 0.299 e. The van der Waals surface area contributed by atoms with Crippen LogP contribution in [-0.4, -0.2) is 32.1 Å². The highest BCUT2D eigenvalue weighted by atomic mass is 32.2. The van der Waals surface area contributed by atoms with E-state index in [9.17, 15) is 8.42 Å². The van der Waals surface area contributed by atoms with Gasteiger partial charge in [-0.05, 0) is 18.2 Å². The number of sulfone groups is 1. The zero-order valence-corrected chi connectivity index (χ0v) is 10.9. The number of thioether (sulfide) groups is 1. The first kappa shape index (κ1) is 12.3. The lowest BCUT2D eigenvalue weighted by Crippen LogP contribution is -2.25. The Morgan fingerprint density at radius 3 is 2.82 bits per heavy atom. The number of nitrogens with zero attached hydrogens (tertiary/aromatic N) is 1. The molecule has 2 rings (SSSR count). The van der Waals surface area contributed by atoms with Crippen molar-refractivity contribution in [2.24, 2.45) is 4.99 Å². The third-order valence-electron chi connectivity index (χ3n) is 2.16. The summed E-state index contributed by atoms with van der Waals surface area (Å²) in [4.78, 5) is 4.51. The maximum atomic E-state index is 11.4. The Morgan fingerprint density at radius 2 is 2.18 bits per heavy atom. The van der Waals surface area contributed by atoms with Crippen molar-refractivity contribution in [3.63, 3.8) is 0 Å². The smallest absolute Gasteiger partial charge is 0.175 e. The van der Waals surface area contributed by atoms with Gasteiger partial charge >= 0.3 is 0 Å². The quantitative estimate of drug-likeness (QED) is 0.806. The normalized spacial score (nSPS) is 15.5. The molecule has 0 amide bonds. The number of nitrogens with one attached hydrogen (secondary N) is 2. The van der Waals surface area contributed by atoms with Crippen molar-refractivity contribution >= 4 is 32.5 Å². The van der Waals surface area contributed by atoms with Gasteiger partial charge in [-0.15, -0.1) is 0 Å². The molecule has 2 N–H and O–H groups in total. The second-order valence-electron chi connectivity index (χ2n) is 3.59. The highest BCUT2D eigenvalue weighted by Crippen LogP contribution is 2.15. The summed E-state index contributed by atoms with van der Waals surface area (Å²) in [6.07, 6.45) is 1.19. The Labute approximate surface area is 105 Å². The van der Waals surface area contributed by atoms with Gasteiger partial charge in [0.1, 0.15) is 0 Å². The Balaban J connectivity index is 2.06. The van der Waals surface area contributed by atoms with Crippen LogP contribution in [0.2, 0.25) is 0 Å². The lowest BCUT2D eigenvalue weighted by Gasteiger charge is -2.09. The number of anilines is 1. The van der Waals surface area contributed by atoms with Gasteiger partial charge in [-0.1, -0.05) is 17.8 Å². The molecule has 17 heavy (non-hydrogen) atoms. The second kappa shape index (κ2) is 4.97. The van der Waals surface area contributed by atoms with Gasteiger partial charge in [-0.3, -0.25) is 15.8 Å². The predicted molar refractivity (Wildman–Crippen MR) is 71.1 cm³/mol. The van der Waals surface area contributed by atoms with Crippen LogP contribution in [0, 0.1) is 0 Å². The molecule has 1 aliphatic rings. The van der Waals surface area contributed by atoms with Crippen molar-refractivity contribution in [1.29, 1.82) is 0 Å². The van der Waals surface area contributed by atoms with E-state index in [0.29, 0.717) is 10.6 Å². The first-order chi connectivity index (χ1) is 8.05. The maximum absolute atomic E-state index is 11.4. The Bertz CT molecular complexity index is 540. The van der Waals surface area contributed by atoms with Crippen molar-refractivity contribution in [3.8, 4) is 0 Å². The molecule has 7 heteroatoms. The van der Waals surface area contributed by atoms with Gasteiger partial charge < -0.3 is 0 Å². The Kier molecular flexibility index (Phi) is 3.58. The molecule has 1 aliphatic heterocycles. The van der Waals surface area contributed by atoms with Crippen LogP contribution in [0.3, 0.4) is 0 Å². The highest BCUT2D eigenvalue weighted by molar-refractivity contribution is 8.14.